The molecular formula is C12H18. The van der Waals surface area contributed by atoms with Gasteiger partial charge in [-0.1, -0.05) is 39.3 Å². The maximum absolute atomic E-state index is 2.53. The summed E-state index contributed by atoms with van der Waals surface area (Å²) >= 11 is 0. The molecule has 0 aromatic rings. The number of fused-ring (bicyclic) bond motifs is 3. The molecule has 3 rings (SSSR count). The van der Waals surface area contributed by atoms with Crippen molar-refractivity contribution in [3.05, 3.63) is 11.6 Å². The molecule has 0 aromatic heterocycles. The summed E-state index contributed by atoms with van der Waals surface area (Å²) in [6.45, 7) is 9.81. The Morgan fingerprint density at radius 1 is 1.25 bits per heavy atom. The van der Waals surface area contributed by atoms with Crippen LogP contribution >= 0.6 is 0 Å². The Kier molecular flexibility index (Phi) is 0.919. The second-order valence-electron chi connectivity index (χ2n) is 6.00. The van der Waals surface area contributed by atoms with Crippen molar-refractivity contribution in [3.63, 3.8) is 0 Å². The lowest BCUT2D eigenvalue weighted by atomic mass is 9.59. The van der Waals surface area contributed by atoms with E-state index in [-0.39, 0.29) is 0 Å². The molecular weight excluding hydrogens is 144 g/mol. The van der Waals surface area contributed by atoms with Crippen molar-refractivity contribution in [3.8, 4) is 0 Å². The van der Waals surface area contributed by atoms with Gasteiger partial charge in [0.05, 0.1) is 0 Å². The number of rotatable bonds is 0. The summed E-state index contributed by atoms with van der Waals surface area (Å²) in [5, 5.41) is 0. The van der Waals surface area contributed by atoms with Crippen molar-refractivity contribution in [2.24, 2.45) is 28.6 Å². The van der Waals surface area contributed by atoms with Gasteiger partial charge in [-0.05, 0) is 29.1 Å². The van der Waals surface area contributed by atoms with E-state index in [2.05, 4.69) is 33.8 Å². The van der Waals surface area contributed by atoms with Gasteiger partial charge in [-0.15, -0.1) is 0 Å². The van der Waals surface area contributed by atoms with E-state index in [1.54, 1.807) is 5.57 Å². The minimum Gasteiger partial charge on any atom is -0.0767 e. The van der Waals surface area contributed by atoms with E-state index in [1.807, 2.05) is 0 Å². The molecule has 0 N–H and O–H groups in total. The van der Waals surface area contributed by atoms with Gasteiger partial charge in [0.15, 0.2) is 0 Å². The molecule has 3 aliphatic carbocycles. The number of hydrogen-bond donors (Lipinski definition) is 0. The van der Waals surface area contributed by atoms with E-state index < -0.39 is 0 Å². The summed E-state index contributed by atoms with van der Waals surface area (Å²) in [5.74, 6) is 3.03. The Hall–Kier alpha value is -0.260. The Morgan fingerprint density at radius 2 is 1.92 bits per heavy atom. The zero-order chi connectivity index (χ0) is 8.72. The van der Waals surface area contributed by atoms with Crippen LogP contribution in [0.1, 0.15) is 34.1 Å². The summed E-state index contributed by atoms with van der Waals surface area (Å²) in [5.41, 5.74) is 2.80. The van der Waals surface area contributed by atoms with Crippen LogP contribution in [0.15, 0.2) is 11.6 Å². The molecule has 2 saturated carbocycles. The van der Waals surface area contributed by atoms with Crippen molar-refractivity contribution in [1.29, 1.82) is 0 Å². The first kappa shape index (κ1) is 7.17. The second kappa shape index (κ2) is 1.54. The molecule has 0 aromatic carbocycles. The van der Waals surface area contributed by atoms with Crippen molar-refractivity contribution < 1.29 is 0 Å². The fraction of sp³-hybridized carbons (Fsp3) is 0.833. The molecule has 0 heterocycles. The van der Waals surface area contributed by atoms with Crippen LogP contribution in [0.2, 0.25) is 0 Å². The average molecular weight is 162 g/mol. The maximum atomic E-state index is 2.53. The molecule has 0 saturated heterocycles. The first-order chi connectivity index (χ1) is 5.46. The molecule has 2 fully saturated rings. The zero-order valence-electron chi connectivity index (χ0n) is 8.52. The molecule has 0 radical (unpaired) electrons. The van der Waals surface area contributed by atoms with Gasteiger partial charge in [0, 0.05) is 5.92 Å². The standard InChI is InChI=1S/C12H18/c1-11(2)9-5-7(9)8-6-10(8)12(11,3)4/h5,7-8,10H,6H2,1-4H3. The highest BCUT2D eigenvalue weighted by molar-refractivity contribution is 5.44. The molecule has 0 bridgehead atoms. The molecule has 0 amide bonds. The summed E-state index contributed by atoms with van der Waals surface area (Å²) in [6, 6.07) is 0. The third kappa shape index (κ3) is 0.551. The van der Waals surface area contributed by atoms with Crippen LogP contribution in [-0.2, 0) is 0 Å². The van der Waals surface area contributed by atoms with Gasteiger partial charge in [-0.25, -0.2) is 0 Å². The molecule has 3 aliphatic rings. The summed E-state index contributed by atoms with van der Waals surface area (Å²) in [7, 11) is 0. The lowest BCUT2D eigenvalue weighted by molar-refractivity contribution is 0.0924. The van der Waals surface area contributed by atoms with Crippen molar-refractivity contribution in [1.82, 2.24) is 0 Å². The van der Waals surface area contributed by atoms with Gasteiger partial charge < -0.3 is 0 Å². The summed E-state index contributed by atoms with van der Waals surface area (Å²) < 4.78 is 0. The molecule has 3 atom stereocenters. The maximum Gasteiger partial charge on any atom is 0.00169 e. The van der Waals surface area contributed by atoms with Crippen LogP contribution in [0.5, 0.6) is 0 Å². The van der Waals surface area contributed by atoms with Gasteiger partial charge in [-0.3, -0.25) is 0 Å². The monoisotopic (exact) mass is 162 g/mol. The third-order valence-electron chi connectivity index (χ3n) is 5.17. The summed E-state index contributed by atoms with van der Waals surface area (Å²) in [6.07, 6.45) is 4.03. The molecule has 12 heavy (non-hydrogen) atoms. The zero-order valence-corrected chi connectivity index (χ0v) is 8.52. The first-order valence-corrected chi connectivity index (χ1v) is 5.18. The average Bonchev–Trinajstić information content (AvgIpc) is 2.78. The molecule has 0 aliphatic heterocycles. The lowest BCUT2D eigenvalue weighted by Crippen LogP contribution is -2.38. The fourth-order valence-electron chi connectivity index (χ4n) is 3.40. The molecule has 3 unspecified atom stereocenters. The highest BCUT2D eigenvalue weighted by Crippen LogP contribution is 2.74. The highest BCUT2D eigenvalue weighted by atomic mass is 14.7. The van der Waals surface area contributed by atoms with Crippen molar-refractivity contribution >= 4 is 0 Å². The van der Waals surface area contributed by atoms with Crippen LogP contribution in [-0.4, -0.2) is 0 Å². The summed E-state index contributed by atoms with van der Waals surface area (Å²) in [4.78, 5) is 0. The Morgan fingerprint density at radius 3 is 2.58 bits per heavy atom. The van der Waals surface area contributed by atoms with E-state index in [0.717, 1.165) is 17.8 Å². The van der Waals surface area contributed by atoms with Crippen LogP contribution in [0.25, 0.3) is 0 Å². The minimum absolute atomic E-state index is 0.481. The van der Waals surface area contributed by atoms with Crippen molar-refractivity contribution in [2.45, 2.75) is 34.1 Å². The van der Waals surface area contributed by atoms with E-state index in [9.17, 15) is 0 Å². The van der Waals surface area contributed by atoms with E-state index in [4.69, 9.17) is 0 Å². The van der Waals surface area contributed by atoms with E-state index >= 15 is 0 Å². The van der Waals surface area contributed by atoms with E-state index in [0.29, 0.717) is 10.8 Å². The second-order valence-corrected chi connectivity index (χ2v) is 6.00. The topological polar surface area (TPSA) is 0 Å². The van der Waals surface area contributed by atoms with Gasteiger partial charge in [-0.2, -0.15) is 0 Å². The normalized spacial score (nSPS) is 50.3. The van der Waals surface area contributed by atoms with E-state index in [1.165, 1.54) is 6.42 Å². The molecule has 0 nitrogen and oxygen atoms in total. The predicted molar refractivity (Wildman–Crippen MR) is 50.7 cm³/mol. The number of hydrogen-bond acceptors (Lipinski definition) is 0. The Balaban J connectivity index is 2.06. The molecule has 0 heteroatoms. The lowest BCUT2D eigenvalue weighted by Gasteiger charge is -2.45. The van der Waals surface area contributed by atoms with Gasteiger partial charge >= 0.3 is 0 Å². The van der Waals surface area contributed by atoms with Crippen LogP contribution in [0.3, 0.4) is 0 Å². The van der Waals surface area contributed by atoms with Gasteiger partial charge in [0.1, 0.15) is 0 Å². The minimum atomic E-state index is 0.481. The smallest absolute Gasteiger partial charge is 0.00169 e. The highest BCUT2D eigenvalue weighted by Gasteiger charge is 2.66. The largest absolute Gasteiger partial charge is 0.0767 e. The SMILES string of the molecule is CC1(C)C2=CC2C2CC2C1(C)C. The van der Waals surface area contributed by atoms with Gasteiger partial charge in [0.2, 0.25) is 0 Å². The number of allylic oxidation sites excluding steroid dienone is 2. The quantitative estimate of drug-likeness (QED) is 0.480. The van der Waals surface area contributed by atoms with Crippen LogP contribution in [0.4, 0.5) is 0 Å². The first-order valence-electron chi connectivity index (χ1n) is 5.18. The van der Waals surface area contributed by atoms with Crippen LogP contribution in [0, 0.1) is 28.6 Å². The Labute approximate surface area is 75.0 Å². The Bertz CT molecular complexity index is 280. The third-order valence-corrected chi connectivity index (χ3v) is 5.17. The fourth-order valence-corrected chi connectivity index (χ4v) is 3.40. The van der Waals surface area contributed by atoms with Crippen molar-refractivity contribution in [2.75, 3.05) is 0 Å². The molecule has 66 valence electrons. The molecule has 0 spiro atoms. The van der Waals surface area contributed by atoms with Crippen LogP contribution < -0.4 is 0 Å². The predicted octanol–water partition coefficient (Wildman–Crippen LogP) is 3.24. The van der Waals surface area contributed by atoms with Gasteiger partial charge in [0.25, 0.3) is 0 Å².